The number of amides is 2. The number of nitrogens with two attached hydrogens (primary N) is 1. The molecule has 140 valence electrons. The molecule has 0 saturated carbocycles. The molecule has 2 aromatic heterocycles. The maximum absolute atomic E-state index is 12.5. The maximum atomic E-state index is 12.5. The first kappa shape index (κ1) is 17.7. The summed E-state index contributed by atoms with van der Waals surface area (Å²) >= 11 is 1.58. The molecule has 0 aliphatic rings. The summed E-state index contributed by atoms with van der Waals surface area (Å²) in [6.45, 7) is -0.238. The third-order valence-corrected chi connectivity index (χ3v) is 4.78. The highest BCUT2D eigenvalue weighted by atomic mass is 32.1. The van der Waals surface area contributed by atoms with Crippen LogP contribution in [-0.4, -0.2) is 27.8 Å². The van der Waals surface area contributed by atoms with Gasteiger partial charge in [0, 0.05) is 34.6 Å². The lowest BCUT2D eigenvalue weighted by Gasteiger charge is -2.08. The van der Waals surface area contributed by atoms with Gasteiger partial charge >= 0.3 is 0 Å². The first-order chi connectivity index (χ1) is 13.6. The highest BCUT2D eigenvalue weighted by Crippen LogP contribution is 2.23. The number of hydrogen-bond acceptors (Lipinski definition) is 5. The van der Waals surface area contributed by atoms with Gasteiger partial charge in [-0.3, -0.25) is 14.0 Å². The van der Waals surface area contributed by atoms with Crippen molar-refractivity contribution in [3.05, 3.63) is 71.9 Å². The van der Waals surface area contributed by atoms with Crippen LogP contribution < -0.4 is 15.8 Å². The van der Waals surface area contributed by atoms with E-state index < -0.39 is 5.91 Å². The average Bonchev–Trinajstić information content (AvgIpc) is 3.29. The van der Waals surface area contributed by atoms with E-state index >= 15 is 0 Å². The number of anilines is 1. The first-order valence-electron chi connectivity index (χ1n) is 8.44. The predicted octanol–water partition coefficient (Wildman–Crippen LogP) is 3.18. The van der Waals surface area contributed by atoms with Crippen LogP contribution in [0.1, 0.15) is 10.4 Å². The van der Waals surface area contributed by atoms with E-state index in [1.807, 2.05) is 46.4 Å². The van der Waals surface area contributed by atoms with Crippen molar-refractivity contribution in [2.45, 2.75) is 0 Å². The van der Waals surface area contributed by atoms with E-state index in [4.69, 9.17) is 10.5 Å². The van der Waals surface area contributed by atoms with E-state index in [1.165, 1.54) is 0 Å². The molecular formula is C20H16N4O3S. The Bertz CT molecular complexity index is 1120. The Kier molecular flexibility index (Phi) is 4.77. The maximum Gasteiger partial charge on any atom is 0.255 e. The molecule has 0 aliphatic carbocycles. The molecule has 2 amide bonds. The van der Waals surface area contributed by atoms with E-state index in [2.05, 4.69) is 10.3 Å². The number of hydrogen-bond donors (Lipinski definition) is 2. The zero-order valence-electron chi connectivity index (χ0n) is 14.7. The van der Waals surface area contributed by atoms with Crippen molar-refractivity contribution in [1.82, 2.24) is 9.38 Å². The predicted molar refractivity (Wildman–Crippen MR) is 108 cm³/mol. The van der Waals surface area contributed by atoms with Crippen molar-refractivity contribution in [2.75, 3.05) is 11.9 Å². The molecular weight excluding hydrogens is 376 g/mol. The van der Waals surface area contributed by atoms with Crippen molar-refractivity contribution in [3.63, 3.8) is 0 Å². The molecule has 0 aliphatic heterocycles. The molecule has 3 N–H and O–H groups in total. The van der Waals surface area contributed by atoms with Crippen LogP contribution in [0.5, 0.6) is 5.75 Å². The molecule has 2 heterocycles. The number of nitrogens with one attached hydrogen (secondary N) is 1. The molecule has 4 rings (SSSR count). The fourth-order valence-electron chi connectivity index (χ4n) is 2.68. The fraction of sp³-hybridized carbons (Fsp3) is 0.0500. The van der Waals surface area contributed by atoms with Crippen molar-refractivity contribution in [2.24, 2.45) is 5.73 Å². The van der Waals surface area contributed by atoms with Gasteiger partial charge in [0.25, 0.3) is 11.8 Å². The number of benzene rings is 2. The summed E-state index contributed by atoms with van der Waals surface area (Å²) in [6.07, 6.45) is 3.93. The zero-order chi connectivity index (χ0) is 19.5. The molecule has 28 heavy (non-hydrogen) atoms. The molecule has 4 aromatic rings. The van der Waals surface area contributed by atoms with Crippen molar-refractivity contribution in [1.29, 1.82) is 0 Å². The largest absolute Gasteiger partial charge is 0.484 e. The molecule has 8 heteroatoms. The number of imidazole rings is 1. The Labute approximate surface area is 164 Å². The minimum absolute atomic E-state index is 0.238. The smallest absolute Gasteiger partial charge is 0.255 e. The molecule has 0 saturated heterocycles. The third kappa shape index (κ3) is 3.86. The molecule has 7 nitrogen and oxygen atoms in total. The van der Waals surface area contributed by atoms with Gasteiger partial charge in [-0.2, -0.15) is 0 Å². The average molecular weight is 392 g/mol. The number of nitrogens with zero attached hydrogens (tertiary/aromatic N) is 2. The van der Waals surface area contributed by atoms with Crippen molar-refractivity contribution < 1.29 is 14.3 Å². The third-order valence-electron chi connectivity index (χ3n) is 4.01. The van der Waals surface area contributed by atoms with Crippen LogP contribution in [-0.2, 0) is 4.79 Å². The minimum atomic E-state index is -0.576. The number of aromatic nitrogens is 2. The summed E-state index contributed by atoms with van der Waals surface area (Å²) in [6, 6.07) is 14.0. The Morgan fingerprint density at radius 1 is 1.18 bits per heavy atom. The van der Waals surface area contributed by atoms with Gasteiger partial charge in [-0.1, -0.05) is 18.2 Å². The number of rotatable bonds is 6. The molecule has 2 aromatic carbocycles. The summed E-state index contributed by atoms with van der Waals surface area (Å²) in [5, 5.41) is 4.83. The van der Waals surface area contributed by atoms with E-state index in [-0.39, 0.29) is 12.5 Å². The lowest BCUT2D eigenvalue weighted by atomic mass is 10.1. The summed E-state index contributed by atoms with van der Waals surface area (Å²) in [5.41, 5.74) is 7.99. The van der Waals surface area contributed by atoms with Gasteiger partial charge in [0.2, 0.25) is 0 Å². The van der Waals surface area contributed by atoms with Crippen molar-refractivity contribution in [3.8, 4) is 17.0 Å². The van der Waals surface area contributed by atoms with E-state index in [1.54, 1.807) is 35.6 Å². The normalized spacial score (nSPS) is 10.7. The topological polar surface area (TPSA) is 98.7 Å². The SMILES string of the molecule is NC(=O)COc1cccc(C(=O)Nc2ccc(-c3cn4ccsc4n3)cc2)c1. The van der Waals surface area contributed by atoms with Gasteiger partial charge in [0.1, 0.15) is 5.75 Å². The lowest BCUT2D eigenvalue weighted by Crippen LogP contribution is -2.20. The van der Waals surface area contributed by atoms with Crippen molar-refractivity contribution >= 4 is 33.8 Å². The van der Waals surface area contributed by atoms with Gasteiger partial charge in [-0.25, -0.2) is 4.98 Å². The van der Waals surface area contributed by atoms with Gasteiger partial charge in [0.15, 0.2) is 11.6 Å². The Balaban J connectivity index is 1.45. The summed E-state index contributed by atoms with van der Waals surface area (Å²) in [7, 11) is 0. The number of fused-ring (bicyclic) bond motifs is 1. The lowest BCUT2D eigenvalue weighted by molar-refractivity contribution is -0.119. The number of thiazole rings is 1. The fourth-order valence-corrected chi connectivity index (χ4v) is 3.38. The minimum Gasteiger partial charge on any atom is -0.484 e. The van der Waals surface area contributed by atoms with E-state index in [9.17, 15) is 9.59 Å². The van der Waals surface area contributed by atoms with Crippen LogP contribution in [0.4, 0.5) is 5.69 Å². The highest BCUT2D eigenvalue weighted by Gasteiger charge is 2.09. The summed E-state index contributed by atoms with van der Waals surface area (Å²) < 4.78 is 7.20. The number of carbonyl (C=O) groups excluding carboxylic acids is 2. The van der Waals surface area contributed by atoms with E-state index in [0.717, 1.165) is 16.2 Å². The molecule has 0 unspecified atom stereocenters. The molecule has 0 spiro atoms. The van der Waals surface area contributed by atoms with E-state index in [0.29, 0.717) is 17.0 Å². The summed E-state index contributed by atoms with van der Waals surface area (Å²) in [5.74, 6) is -0.450. The monoisotopic (exact) mass is 392 g/mol. The second-order valence-corrected chi connectivity index (χ2v) is 6.91. The molecule has 0 radical (unpaired) electrons. The van der Waals surface area contributed by atoms with Crippen LogP contribution in [0, 0.1) is 0 Å². The quantitative estimate of drug-likeness (QED) is 0.526. The van der Waals surface area contributed by atoms with Crippen LogP contribution in [0.2, 0.25) is 0 Å². The number of ether oxygens (including phenoxy) is 1. The number of primary amides is 1. The van der Waals surface area contributed by atoms with Gasteiger partial charge in [-0.05, 0) is 30.3 Å². The van der Waals surface area contributed by atoms with Gasteiger partial charge < -0.3 is 15.8 Å². The van der Waals surface area contributed by atoms with Crippen LogP contribution in [0.25, 0.3) is 16.2 Å². The van der Waals surface area contributed by atoms with Crippen LogP contribution in [0.15, 0.2) is 66.3 Å². The standard InChI is InChI=1S/C20H16N4O3S/c21-18(25)12-27-16-3-1-2-14(10-16)19(26)22-15-6-4-13(5-7-15)17-11-24-8-9-28-20(24)23-17/h1-11H,12H2,(H2,21,25)(H,22,26). The van der Waals surface area contributed by atoms with Crippen LogP contribution >= 0.6 is 11.3 Å². The second kappa shape index (κ2) is 7.53. The van der Waals surface area contributed by atoms with Crippen LogP contribution in [0.3, 0.4) is 0 Å². The Hall–Kier alpha value is -3.65. The molecule has 0 fully saturated rings. The van der Waals surface area contributed by atoms with Gasteiger partial charge in [0.05, 0.1) is 5.69 Å². The first-order valence-corrected chi connectivity index (χ1v) is 9.31. The molecule has 0 bridgehead atoms. The Morgan fingerprint density at radius 2 is 2.00 bits per heavy atom. The number of carbonyl (C=O) groups is 2. The second-order valence-electron chi connectivity index (χ2n) is 6.03. The van der Waals surface area contributed by atoms with Gasteiger partial charge in [-0.15, -0.1) is 11.3 Å². The summed E-state index contributed by atoms with van der Waals surface area (Å²) in [4.78, 5) is 28.8. The zero-order valence-corrected chi connectivity index (χ0v) is 15.5. The highest BCUT2D eigenvalue weighted by molar-refractivity contribution is 7.15. The Morgan fingerprint density at radius 3 is 2.75 bits per heavy atom. The molecule has 0 atom stereocenters.